The van der Waals surface area contributed by atoms with E-state index in [0.717, 1.165) is 32.3 Å². The molecule has 0 aliphatic carbocycles. The lowest BCUT2D eigenvalue weighted by Gasteiger charge is -2.25. The zero-order valence-electron chi connectivity index (χ0n) is 40.1. The smallest absolute Gasteiger partial charge is 0.171 e. The van der Waals surface area contributed by atoms with Gasteiger partial charge in [0.2, 0.25) is 0 Å². The van der Waals surface area contributed by atoms with Crippen LogP contribution in [0.2, 0.25) is 0 Å². The molecule has 0 aliphatic heterocycles. The van der Waals surface area contributed by atoms with Crippen LogP contribution in [-0.4, -0.2) is 0 Å². The Labute approximate surface area is 431 Å². The first-order chi connectivity index (χ1) is 36.2. The fourth-order valence-corrected chi connectivity index (χ4v) is 21.0. The van der Waals surface area contributed by atoms with E-state index in [1.165, 1.54) is 0 Å². The van der Waals surface area contributed by atoms with Gasteiger partial charge in [-0.25, -0.2) is 0 Å². The van der Waals surface area contributed by atoms with Crippen LogP contribution in [-0.2, 0) is 18.3 Å². The van der Waals surface area contributed by atoms with E-state index < -0.39 is 28.6 Å². The number of hydrogen-bond acceptors (Lipinski definition) is 4. The maximum atomic E-state index is 16.8. The van der Waals surface area contributed by atoms with E-state index in [1.54, 1.807) is 0 Å². The van der Waals surface area contributed by atoms with Crippen LogP contribution in [0.15, 0.2) is 291 Å². The second-order valence-corrected chi connectivity index (χ2v) is 29.7. The summed E-state index contributed by atoms with van der Waals surface area (Å²) in [5.74, 6) is 0. The van der Waals surface area contributed by atoms with Crippen LogP contribution in [0.4, 0.5) is 0 Å². The first-order valence-corrected chi connectivity index (χ1v) is 31.4. The van der Waals surface area contributed by atoms with Crippen molar-refractivity contribution in [2.75, 3.05) is 0 Å². The van der Waals surface area contributed by atoms with Crippen LogP contribution in [0.25, 0.3) is 32.3 Å². The van der Waals surface area contributed by atoms with Crippen LogP contribution in [0.5, 0.6) is 0 Å². The molecule has 4 nitrogen and oxygen atoms in total. The van der Waals surface area contributed by atoms with Crippen molar-refractivity contribution < 1.29 is 18.3 Å². The minimum absolute atomic E-state index is 0.529. The van der Waals surface area contributed by atoms with Crippen LogP contribution in [0.1, 0.15) is 0 Å². The van der Waals surface area contributed by atoms with E-state index in [1.807, 2.05) is 291 Å². The van der Waals surface area contributed by atoms with E-state index in [-0.39, 0.29) is 0 Å². The Morgan fingerprint density at radius 2 is 0.311 bits per heavy atom. The third-order valence-electron chi connectivity index (χ3n) is 14.4. The van der Waals surface area contributed by atoms with E-state index in [9.17, 15) is 0 Å². The third-order valence-corrected chi connectivity index (χ3v) is 26.6. The van der Waals surface area contributed by atoms with Crippen molar-refractivity contribution in [3.63, 3.8) is 0 Å². The number of fused-ring (bicyclic) bond motifs is 3. The molecule has 0 heterocycles. The molecule has 3 unspecified atom stereocenters. The first-order valence-electron chi connectivity index (χ1n) is 24.6. The molecule has 0 bridgehead atoms. The van der Waals surface area contributed by atoms with Crippen molar-refractivity contribution in [1.29, 1.82) is 0 Å². The van der Waals surface area contributed by atoms with Crippen molar-refractivity contribution >= 4 is 125 Å². The van der Waals surface area contributed by atoms with Crippen molar-refractivity contribution in [2.24, 2.45) is 0 Å². The normalized spacial score (nSPS) is 14.9. The first kappa shape index (κ1) is 47.4. The van der Waals surface area contributed by atoms with Gasteiger partial charge in [0.1, 0.15) is 0 Å². The molecule has 8 heteroatoms. The fourth-order valence-electron chi connectivity index (χ4n) is 10.4. The average Bonchev–Trinajstić information content (AvgIpc) is 3.48. The van der Waals surface area contributed by atoms with Gasteiger partial charge in [-0.05, 0) is 50.5 Å². The van der Waals surface area contributed by atoms with Gasteiger partial charge in [-0.15, -0.1) is 0 Å². The zero-order valence-corrected chi connectivity index (χ0v) is 43.7. The molecule has 0 aromatic heterocycles. The summed E-state index contributed by atoms with van der Waals surface area (Å²) in [5.41, 5.74) is 0. The Morgan fingerprint density at radius 1 is 0.149 bits per heavy atom. The SMILES string of the molecule is O=P(c1ccc(P(=O)(c2ccccc2)c2ccc3ccccc3c2)cc1)(c1ccc(P(=O)(c2ccccc2)c2ccc3ccccc3c2)cc1)c1ccc(P(=O)(c2ccccc2)c2ccc3ccccc3c2)cc1. The summed E-state index contributed by atoms with van der Waals surface area (Å²) >= 11 is 0. The molecule has 12 aromatic carbocycles. The van der Waals surface area contributed by atoms with Crippen molar-refractivity contribution in [1.82, 2.24) is 0 Å². The van der Waals surface area contributed by atoms with E-state index >= 15 is 18.3 Å². The van der Waals surface area contributed by atoms with Gasteiger partial charge in [-0.1, -0.05) is 273 Å². The second-order valence-electron chi connectivity index (χ2n) is 18.6. The summed E-state index contributed by atoms with van der Waals surface area (Å²) in [6.07, 6.45) is 0. The second kappa shape index (κ2) is 19.3. The molecular weight excluding hydrogens is 981 g/mol. The number of hydrogen-bond donors (Lipinski definition) is 0. The Hall–Kier alpha value is -7.66. The molecular formula is C66H48O4P4. The minimum atomic E-state index is -3.79. The molecule has 356 valence electrons. The lowest BCUT2D eigenvalue weighted by molar-refractivity contribution is 0.591. The van der Waals surface area contributed by atoms with Crippen LogP contribution >= 0.6 is 28.6 Å². The number of rotatable bonds is 12. The molecule has 0 saturated carbocycles. The highest BCUT2D eigenvalue weighted by molar-refractivity contribution is 7.87. The Kier molecular flexibility index (Phi) is 12.4. The van der Waals surface area contributed by atoms with Crippen molar-refractivity contribution in [3.8, 4) is 0 Å². The van der Waals surface area contributed by atoms with Crippen LogP contribution in [0, 0.1) is 0 Å². The largest absolute Gasteiger partial charge is 0.309 e. The highest BCUT2D eigenvalue weighted by atomic mass is 31.2. The average molecular weight is 1030 g/mol. The summed E-state index contributed by atoms with van der Waals surface area (Å²) in [6.45, 7) is 0. The molecule has 0 N–H and O–H groups in total. The maximum Gasteiger partial charge on any atom is 0.171 e. The molecule has 12 rings (SSSR count). The Balaban J connectivity index is 1.02. The lowest BCUT2D eigenvalue weighted by atomic mass is 10.1. The van der Waals surface area contributed by atoms with Crippen LogP contribution in [0.3, 0.4) is 0 Å². The van der Waals surface area contributed by atoms with E-state index in [2.05, 4.69) is 0 Å². The van der Waals surface area contributed by atoms with Gasteiger partial charge >= 0.3 is 0 Å². The molecule has 0 fully saturated rings. The lowest BCUT2D eigenvalue weighted by Crippen LogP contribution is -2.31. The fraction of sp³-hybridized carbons (Fsp3) is 0. The number of benzene rings is 12. The molecule has 0 aliphatic rings. The van der Waals surface area contributed by atoms with Gasteiger partial charge in [0.15, 0.2) is 28.6 Å². The van der Waals surface area contributed by atoms with Crippen molar-refractivity contribution in [2.45, 2.75) is 0 Å². The summed E-state index contributed by atoms with van der Waals surface area (Å²) in [7, 11) is -14.1. The monoisotopic (exact) mass is 1030 g/mol. The molecule has 0 radical (unpaired) electrons. The molecule has 3 atom stereocenters. The maximum absolute atomic E-state index is 16.8. The molecule has 0 spiro atoms. The van der Waals surface area contributed by atoms with Crippen LogP contribution < -0.4 is 63.7 Å². The highest BCUT2D eigenvalue weighted by Gasteiger charge is 2.37. The summed E-state index contributed by atoms with van der Waals surface area (Å²) in [5, 5.41) is 13.7. The molecule has 0 saturated heterocycles. The molecule has 12 aromatic rings. The van der Waals surface area contributed by atoms with Gasteiger partial charge in [-0.2, -0.15) is 0 Å². The standard InChI is InChI=1S/C66H48O4P4/c67-71(58-34-40-61(41-35-58)72(68,55-22-4-1-5-23-55)64-31-28-49-16-10-13-19-52(49)46-64,59-36-42-62(43-37-59)73(69,56-24-6-2-7-25-56)65-32-29-50-17-11-14-20-53(50)47-65)60-38-44-63(45-39-60)74(70,57-26-8-3-9-27-57)66-33-30-51-18-12-15-21-54(51)48-66/h1-48H. The van der Waals surface area contributed by atoms with Gasteiger partial charge < -0.3 is 18.3 Å². The molecule has 74 heavy (non-hydrogen) atoms. The van der Waals surface area contributed by atoms with Crippen molar-refractivity contribution in [3.05, 3.63) is 291 Å². The third kappa shape index (κ3) is 8.12. The predicted octanol–water partition coefficient (Wildman–Crippen LogP) is 11.7. The molecule has 0 amide bonds. The summed E-state index contributed by atoms with van der Waals surface area (Å²) in [6, 6.07) is 93.1. The van der Waals surface area contributed by atoms with Gasteiger partial charge in [-0.3, -0.25) is 0 Å². The summed E-state index contributed by atoms with van der Waals surface area (Å²) in [4.78, 5) is 0. The highest BCUT2D eigenvalue weighted by Crippen LogP contribution is 2.48. The Morgan fingerprint density at radius 3 is 0.541 bits per heavy atom. The topological polar surface area (TPSA) is 68.3 Å². The predicted molar refractivity (Wildman–Crippen MR) is 317 cm³/mol. The Bertz CT molecular complexity index is 3800. The van der Waals surface area contributed by atoms with Gasteiger partial charge in [0.05, 0.1) is 0 Å². The zero-order chi connectivity index (χ0) is 50.3. The summed E-state index contributed by atoms with van der Waals surface area (Å²) < 4.78 is 64.5. The van der Waals surface area contributed by atoms with Gasteiger partial charge in [0, 0.05) is 63.7 Å². The quantitative estimate of drug-likeness (QED) is 0.114. The minimum Gasteiger partial charge on any atom is -0.309 e. The van der Waals surface area contributed by atoms with E-state index in [0.29, 0.717) is 63.7 Å². The van der Waals surface area contributed by atoms with Gasteiger partial charge in [0.25, 0.3) is 0 Å². The van der Waals surface area contributed by atoms with E-state index in [4.69, 9.17) is 0 Å².